The molecular formula is C15H19ClFNO3. The van der Waals surface area contributed by atoms with Gasteiger partial charge in [-0.25, -0.2) is 9.18 Å². The molecule has 1 heterocycles. The average Bonchev–Trinajstić information content (AvgIpc) is 2.49. The molecule has 0 unspecified atom stereocenters. The van der Waals surface area contributed by atoms with Gasteiger partial charge in [-0.2, -0.15) is 0 Å². The topological polar surface area (TPSA) is 49.8 Å². The summed E-state index contributed by atoms with van der Waals surface area (Å²) in [5.41, 5.74) is 0.603. The molecule has 1 aliphatic rings. The SMILES string of the molecule is COC(=O)[C@H](O)C1CCN(Cc2ccc(Cl)cc2F)CC1. The standard InChI is InChI=1S/C15H19ClFNO3/c1-21-15(20)14(19)10-4-6-18(7-5-10)9-11-2-3-12(16)8-13(11)17/h2-3,8,10,14,19H,4-7,9H2,1H3/t14-/m1/s1. The van der Waals surface area contributed by atoms with E-state index < -0.39 is 12.1 Å². The quantitative estimate of drug-likeness (QED) is 0.866. The van der Waals surface area contributed by atoms with Gasteiger partial charge in [0.1, 0.15) is 5.82 Å². The number of esters is 1. The highest BCUT2D eigenvalue weighted by Gasteiger charge is 2.30. The molecular weight excluding hydrogens is 297 g/mol. The van der Waals surface area contributed by atoms with Crippen LogP contribution < -0.4 is 0 Å². The lowest BCUT2D eigenvalue weighted by molar-refractivity contribution is -0.154. The van der Waals surface area contributed by atoms with Gasteiger partial charge in [-0.05, 0) is 44.0 Å². The molecule has 21 heavy (non-hydrogen) atoms. The third-order valence-electron chi connectivity index (χ3n) is 3.93. The van der Waals surface area contributed by atoms with Crippen LogP contribution in [-0.4, -0.2) is 42.3 Å². The number of methoxy groups -OCH3 is 1. The van der Waals surface area contributed by atoms with Crippen LogP contribution in [0, 0.1) is 11.7 Å². The van der Waals surface area contributed by atoms with Crippen LogP contribution in [0.1, 0.15) is 18.4 Å². The normalized spacial score (nSPS) is 18.5. The third-order valence-corrected chi connectivity index (χ3v) is 4.17. The highest BCUT2D eigenvalue weighted by Crippen LogP contribution is 2.24. The van der Waals surface area contributed by atoms with Gasteiger partial charge >= 0.3 is 5.97 Å². The van der Waals surface area contributed by atoms with E-state index in [1.807, 2.05) is 0 Å². The van der Waals surface area contributed by atoms with Gasteiger partial charge in [-0.3, -0.25) is 4.90 Å². The maximum absolute atomic E-state index is 13.7. The lowest BCUT2D eigenvalue weighted by Crippen LogP contribution is -2.40. The highest BCUT2D eigenvalue weighted by molar-refractivity contribution is 6.30. The molecule has 1 aromatic carbocycles. The molecule has 1 atom stereocenters. The number of likely N-dealkylation sites (tertiary alicyclic amines) is 1. The molecule has 4 nitrogen and oxygen atoms in total. The van der Waals surface area contributed by atoms with Crippen molar-refractivity contribution in [2.24, 2.45) is 5.92 Å². The summed E-state index contributed by atoms with van der Waals surface area (Å²) in [7, 11) is 1.27. The molecule has 1 N–H and O–H groups in total. The fourth-order valence-electron chi connectivity index (χ4n) is 2.63. The first kappa shape index (κ1) is 16.2. The molecule has 0 spiro atoms. The summed E-state index contributed by atoms with van der Waals surface area (Å²) >= 11 is 5.73. The van der Waals surface area contributed by atoms with Crippen molar-refractivity contribution in [3.8, 4) is 0 Å². The number of piperidine rings is 1. The maximum atomic E-state index is 13.7. The van der Waals surface area contributed by atoms with Gasteiger partial charge in [-0.15, -0.1) is 0 Å². The van der Waals surface area contributed by atoms with Gasteiger partial charge < -0.3 is 9.84 Å². The number of hydrogen-bond acceptors (Lipinski definition) is 4. The van der Waals surface area contributed by atoms with Crippen molar-refractivity contribution in [3.05, 3.63) is 34.6 Å². The van der Waals surface area contributed by atoms with E-state index in [2.05, 4.69) is 9.64 Å². The smallest absolute Gasteiger partial charge is 0.334 e. The van der Waals surface area contributed by atoms with Crippen LogP contribution in [0.15, 0.2) is 18.2 Å². The summed E-state index contributed by atoms with van der Waals surface area (Å²) in [4.78, 5) is 13.4. The Bertz CT molecular complexity index is 504. The Morgan fingerprint density at radius 3 is 2.76 bits per heavy atom. The Hall–Kier alpha value is -1.17. The van der Waals surface area contributed by atoms with Crippen molar-refractivity contribution in [1.29, 1.82) is 0 Å². The summed E-state index contributed by atoms with van der Waals surface area (Å²) in [6, 6.07) is 4.67. The number of rotatable bonds is 4. The Morgan fingerprint density at radius 1 is 1.52 bits per heavy atom. The summed E-state index contributed by atoms with van der Waals surface area (Å²) in [5, 5.41) is 10.2. The summed E-state index contributed by atoms with van der Waals surface area (Å²) < 4.78 is 18.3. The van der Waals surface area contributed by atoms with Crippen molar-refractivity contribution in [1.82, 2.24) is 4.90 Å². The molecule has 2 rings (SSSR count). The predicted molar refractivity (Wildman–Crippen MR) is 77.4 cm³/mol. The summed E-state index contributed by atoms with van der Waals surface area (Å²) in [5.74, 6) is -0.986. The molecule has 0 bridgehead atoms. The van der Waals surface area contributed by atoms with Crippen LogP contribution in [0.3, 0.4) is 0 Å². The van der Waals surface area contributed by atoms with Crippen molar-refractivity contribution in [2.45, 2.75) is 25.5 Å². The second-order valence-electron chi connectivity index (χ2n) is 5.32. The van der Waals surface area contributed by atoms with E-state index in [9.17, 15) is 14.3 Å². The third kappa shape index (κ3) is 4.15. The molecule has 116 valence electrons. The van der Waals surface area contributed by atoms with E-state index in [-0.39, 0.29) is 11.7 Å². The van der Waals surface area contributed by atoms with Crippen molar-refractivity contribution >= 4 is 17.6 Å². The minimum atomic E-state index is -1.07. The minimum Gasteiger partial charge on any atom is -0.467 e. The molecule has 1 aliphatic heterocycles. The number of hydrogen-bond donors (Lipinski definition) is 1. The number of carbonyl (C=O) groups is 1. The van der Waals surface area contributed by atoms with E-state index in [4.69, 9.17) is 11.6 Å². The van der Waals surface area contributed by atoms with Gasteiger partial charge in [0.15, 0.2) is 6.10 Å². The molecule has 1 fully saturated rings. The number of nitrogens with zero attached hydrogens (tertiary/aromatic N) is 1. The summed E-state index contributed by atoms with van der Waals surface area (Å²) in [6.45, 7) is 1.92. The molecule has 0 radical (unpaired) electrons. The largest absolute Gasteiger partial charge is 0.467 e. The van der Waals surface area contributed by atoms with Crippen molar-refractivity contribution < 1.29 is 19.0 Å². The van der Waals surface area contributed by atoms with Crippen LogP contribution in [0.25, 0.3) is 0 Å². The number of halogens is 2. The first-order valence-corrected chi connectivity index (χ1v) is 7.31. The molecule has 6 heteroatoms. The zero-order valence-electron chi connectivity index (χ0n) is 11.9. The number of aliphatic hydroxyl groups is 1. The molecule has 0 saturated carbocycles. The number of ether oxygens (including phenoxy) is 1. The Kier molecular flexibility index (Phi) is 5.56. The van der Waals surface area contributed by atoms with Crippen molar-refractivity contribution in [3.63, 3.8) is 0 Å². The first-order chi connectivity index (χ1) is 10.0. The van der Waals surface area contributed by atoms with Gasteiger partial charge in [0.25, 0.3) is 0 Å². The average molecular weight is 316 g/mol. The second kappa shape index (κ2) is 7.20. The van der Waals surface area contributed by atoms with Crippen LogP contribution in [0.4, 0.5) is 4.39 Å². The van der Waals surface area contributed by atoms with Crippen LogP contribution in [-0.2, 0) is 16.1 Å². The molecule has 1 aromatic rings. The zero-order chi connectivity index (χ0) is 15.4. The van der Waals surface area contributed by atoms with Gasteiger partial charge in [0.2, 0.25) is 0 Å². The van der Waals surface area contributed by atoms with Crippen molar-refractivity contribution in [2.75, 3.05) is 20.2 Å². The number of benzene rings is 1. The number of carbonyl (C=O) groups excluding carboxylic acids is 1. The summed E-state index contributed by atoms with van der Waals surface area (Å²) in [6.07, 6.45) is 0.307. The maximum Gasteiger partial charge on any atom is 0.334 e. The van der Waals surface area contributed by atoms with E-state index in [1.165, 1.54) is 13.2 Å². The fourth-order valence-corrected chi connectivity index (χ4v) is 2.79. The Balaban J connectivity index is 1.88. The lowest BCUT2D eigenvalue weighted by Gasteiger charge is -2.33. The predicted octanol–water partition coefficient (Wildman–Crippen LogP) is 2.22. The van der Waals surface area contributed by atoms with E-state index in [0.717, 1.165) is 0 Å². The van der Waals surface area contributed by atoms with Crippen LogP contribution in [0.5, 0.6) is 0 Å². The first-order valence-electron chi connectivity index (χ1n) is 6.93. The van der Waals surface area contributed by atoms with E-state index in [1.54, 1.807) is 12.1 Å². The number of aliphatic hydroxyl groups excluding tert-OH is 1. The molecule has 0 aromatic heterocycles. The zero-order valence-corrected chi connectivity index (χ0v) is 12.6. The van der Waals surface area contributed by atoms with E-state index in [0.29, 0.717) is 43.1 Å². The molecule has 1 saturated heterocycles. The van der Waals surface area contributed by atoms with Gasteiger partial charge in [-0.1, -0.05) is 17.7 Å². The Labute approximate surface area is 128 Å². The lowest BCUT2D eigenvalue weighted by atomic mass is 9.91. The van der Waals surface area contributed by atoms with E-state index >= 15 is 0 Å². The van der Waals surface area contributed by atoms with Crippen LogP contribution >= 0.6 is 11.6 Å². The van der Waals surface area contributed by atoms with Gasteiger partial charge in [0, 0.05) is 17.1 Å². The van der Waals surface area contributed by atoms with Gasteiger partial charge in [0.05, 0.1) is 7.11 Å². The molecule has 0 aliphatic carbocycles. The Morgan fingerprint density at radius 2 is 2.19 bits per heavy atom. The molecule has 0 amide bonds. The minimum absolute atomic E-state index is 0.0937. The van der Waals surface area contributed by atoms with Crippen LogP contribution in [0.2, 0.25) is 5.02 Å². The highest BCUT2D eigenvalue weighted by atomic mass is 35.5. The second-order valence-corrected chi connectivity index (χ2v) is 5.75. The fraction of sp³-hybridized carbons (Fsp3) is 0.533. The monoisotopic (exact) mass is 315 g/mol.